The van der Waals surface area contributed by atoms with E-state index in [0.717, 1.165) is 20.8 Å². The lowest BCUT2D eigenvalue weighted by Crippen LogP contribution is -2.03. The zero-order valence-electron chi connectivity index (χ0n) is 11.4. The van der Waals surface area contributed by atoms with E-state index in [1.165, 1.54) is 0 Å². The fourth-order valence-electron chi connectivity index (χ4n) is 2.49. The summed E-state index contributed by atoms with van der Waals surface area (Å²) >= 11 is 9.42. The Balaban J connectivity index is 2.20. The summed E-state index contributed by atoms with van der Waals surface area (Å²) in [5, 5.41) is 2.62. The Morgan fingerprint density at radius 3 is 2.43 bits per heavy atom. The standard InChI is InChI=1S/C18H12BrClO/c1-11-6-7-17(16-5-3-2-4-15(11)16)18(21)12-8-13(19)10-14(20)9-12/h2-10H,1H3. The van der Waals surface area contributed by atoms with Crippen molar-refractivity contribution in [2.24, 2.45) is 0 Å². The fraction of sp³-hybridized carbons (Fsp3) is 0.0556. The predicted molar refractivity (Wildman–Crippen MR) is 91.3 cm³/mol. The van der Waals surface area contributed by atoms with Crippen molar-refractivity contribution in [3.63, 3.8) is 0 Å². The first kappa shape index (κ1) is 14.3. The Kier molecular flexibility index (Phi) is 3.83. The summed E-state index contributed by atoms with van der Waals surface area (Å²) in [5.41, 5.74) is 2.45. The predicted octanol–water partition coefficient (Wildman–Crippen LogP) is 5.80. The molecule has 0 saturated carbocycles. The van der Waals surface area contributed by atoms with Gasteiger partial charge >= 0.3 is 0 Å². The van der Waals surface area contributed by atoms with Crippen molar-refractivity contribution in [3.05, 3.63) is 80.8 Å². The normalized spacial score (nSPS) is 10.8. The average molecular weight is 360 g/mol. The van der Waals surface area contributed by atoms with Gasteiger partial charge in [0.15, 0.2) is 5.78 Å². The first-order valence-electron chi connectivity index (χ1n) is 6.55. The molecule has 3 aromatic rings. The summed E-state index contributed by atoms with van der Waals surface area (Å²) in [4.78, 5) is 12.8. The smallest absolute Gasteiger partial charge is 0.193 e. The molecule has 0 atom stereocenters. The molecular formula is C18H12BrClO. The number of carbonyl (C=O) groups excluding carboxylic acids is 1. The quantitative estimate of drug-likeness (QED) is 0.529. The molecule has 0 aromatic heterocycles. The molecule has 3 rings (SSSR count). The van der Waals surface area contributed by atoms with Gasteiger partial charge in [0.05, 0.1) is 0 Å². The van der Waals surface area contributed by atoms with E-state index in [-0.39, 0.29) is 5.78 Å². The number of hydrogen-bond donors (Lipinski definition) is 0. The molecule has 0 fully saturated rings. The molecule has 0 bridgehead atoms. The highest BCUT2D eigenvalue weighted by atomic mass is 79.9. The van der Waals surface area contributed by atoms with E-state index in [4.69, 9.17) is 11.6 Å². The minimum atomic E-state index is -0.0191. The Morgan fingerprint density at radius 2 is 1.71 bits per heavy atom. The van der Waals surface area contributed by atoms with Crippen LogP contribution in [0, 0.1) is 6.92 Å². The van der Waals surface area contributed by atoms with Crippen molar-refractivity contribution in [2.45, 2.75) is 6.92 Å². The highest BCUT2D eigenvalue weighted by Crippen LogP contribution is 2.27. The average Bonchev–Trinajstić information content (AvgIpc) is 2.46. The molecule has 0 N–H and O–H groups in total. The lowest BCUT2D eigenvalue weighted by molar-refractivity contribution is 0.104. The van der Waals surface area contributed by atoms with Crippen LogP contribution in [0.3, 0.4) is 0 Å². The van der Waals surface area contributed by atoms with E-state index in [0.29, 0.717) is 16.1 Å². The summed E-state index contributed by atoms with van der Waals surface area (Å²) in [6, 6.07) is 17.1. The monoisotopic (exact) mass is 358 g/mol. The molecule has 0 spiro atoms. The lowest BCUT2D eigenvalue weighted by atomic mass is 9.95. The van der Waals surface area contributed by atoms with Gasteiger partial charge in [-0.2, -0.15) is 0 Å². The molecule has 1 nitrogen and oxygen atoms in total. The molecule has 0 aliphatic rings. The number of carbonyl (C=O) groups is 1. The third kappa shape index (κ3) is 2.74. The van der Waals surface area contributed by atoms with Gasteiger partial charge in [0, 0.05) is 20.6 Å². The first-order valence-corrected chi connectivity index (χ1v) is 7.72. The van der Waals surface area contributed by atoms with Crippen molar-refractivity contribution in [1.82, 2.24) is 0 Å². The van der Waals surface area contributed by atoms with Gasteiger partial charge in [0.1, 0.15) is 0 Å². The molecule has 0 heterocycles. The largest absolute Gasteiger partial charge is 0.289 e. The number of aryl methyl sites for hydroxylation is 1. The fourth-order valence-corrected chi connectivity index (χ4v) is 3.35. The van der Waals surface area contributed by atoms with E-state index >= 15 is 0 Å². The van der Waals surface area contributed by atoms with Crippen molar-refractivity contribution in [3.8, 4) is 0 Å². The van der Waals surface area contributed by atoms with Gasteiger partial charge in [-0.25, -0.2) is 0 Å². The molecule has 0 aliphatic carbocycles. The molecule has 0 aliphatic heterocycles. The Hall–Kier alpha value is -1.64. The van der Waals surface area contributed by atoms with Gasteiger partial charge in [-0.15, -0.1) is 0 Å². The van der Waals surface area contributed by atoms with Crippen LogP contribution in [0.1, 0.15) is 21.5 Å². The zero-order chi connectivity index (χ0) is 15.0. The van der Waals surface area contributed by atoms with E-state index in [1.807, 2.05) is 43.3 Å². The van der Waals surface area contributed by atoms with Crippen molar-refractivity contribution < 1.29 is 4.79 Å². The van der Waals surface area contributed by atoms with E-state index in [2.05, 4.69) is 15.9 Å². The summed E-state index contributed by atoms with van der Waals surface area (Å²) in [7, 11) is 0. The van der Waals surface area contributed by atoms with Gasteiger partial charge in [-0.3, -0.25) is 4.79 Å². The summed E-state index contributed by atoms with van der Waals surface area (Å²) in [6.45, 7) is 2.05. The van der Waals surface area contributed by atoms with E-state index < -0.39 is 0 Å². The maximum atomic E-state index is 12.8. The highest BCUT2D eigenvalue weighted by Gasteiger charge is 2.14. The van der Waals surface area contributed by atoms with Crippen LogP contribution in [0.2, 0.25) is 5.02 Å². The van der Waals surface area contributed by atoms with Gasteiger partial charge in [0.2, 0.25) is 0 Å². The van der Waals surface area contributed by atoms with Gasteiger partial charge in [-0.1, -0.05) is 63.9 Å². The van der Waals surface area contributed by atoms with Crippen LogP contribution in [-0.4, -0.2) is 5.78 Å². The highest BCUT2D eigenvalue weighted by molar-refractivity contribution is 9.10. The Labute approximate surface area is 136 Å². The van der Waals surface area contributed by atoms with Crippen LogP contribution >= 0.6 is 27.5 Å². The van der Waals surface area contributed by atoms with Crippen LogP contribution < -0.4 is 0 Å². The summed E-state index contributed by atoms with van der Waals surface area (Å²) in [6.07, 6.45) is 0. The molecule has 104 valence electrons. The summed E-state index contributed by atoms with van der Waals surface area (Å²) in [5.74, 6) is -0.0191. The molecule has 3 heteroatoms. The van der Waals surface area contributed by atoms with E-state index in [1.54, 1.807) is 18.2 Å². The second-order valence-electron chi connectivity index (χ2n) is 4.96. The lowest BCUT2D eigenvalue weighted by Gasteiger charge is -2.09. The molecule has 0 unspecified atom stereocenters. The third-order valence-electron chi connectivity index (χ3n) is 3.51. The molecule has 0 saturated heterocycles. The molecular weight excluding hydrogens is 348 g/mol. The minimum Gasteiger partial charge on any atom is -0.289 e. The van der Waals surface area contributed by atoms with Gasteiger partial charge < -0.3 is 0 Å². The van der Waals surface area contributed by atoms with Crippen molar-refractivity contribution in [2.75, 3.05) is 0 Å². The third-order valence-corrected chi connectivity index (χ3v) is 4.19. The Morgan fingerprint density at radius 1 is 1.00 bits per heavy atom. The van der Waals surface area contributed by atoms with Crippen molar-refractivity contribution >= 4 is 44.1 Å². The first-order chi connectivity index (χ1) is 10.1. The number of benzene rings is 3. The topological polar surface area (TPSA) is 17.1 Å². The summed E-state index contributed by atoms with van der Waals surface area (Å²) < 4.78 is 0.801. The van der Waals surface area contributed by atoms with Crippen LogP contribution in [0.5, 0.6) is 0 Å². The molecule has 3 aromatic carbocycles. The second kappa shape index (κ2) is 5.63. The Bertz CT molecular complexity index is 835. The minimum absolute atomic E-state index is 0.0191. The van der Waals surface area contributed by atoms with Crippen molar-refractivity contribution in [1.29, 1.82) is 0 Å². The number of rotatable bonds is 2. The van der Waals surface area contributed by atoms with E-state index in [9.17, 15) is 4.79 Å². The van der Waals surface area contributed by atoms with Crippen LogP contribution in [0.4, 0.5) is 0 Å². The maximum Gasteiger partial charge on any atom is 0.193 e. The van der Waals surface area contributed by atoms with Gasteiger partial charge in [0.25, 0.3) is 0 Å². The maximum absolute atomic E-state index is 12.8. The zero-order valence-corrected chi connectivity index (χ0v) is 13.7. The van der Waals surface area contributed by atoms with Crippen LogP contribution in [0.15, 0.2) is 59.1 Å². The molecule has 21 heavy (non-hydrogen) atoms. The number of halogens is 2. The second-order valence-corrected chi connectivity index (χ2v) is 6.31. The number of hydrogen-bond acceptors (Lipinski definition) is 1. The number of ketones is 1. The SMILES string of the molecule is Cc1ccc(C(=O)c2cc(Cl)cc(Br)c2)c2ccccc12. The molecule has 0 amide bonds. The number of fused-ring (bicyclic) bond motifs is 1. The molecule has 0 radical (unpaired) electrons. The van der Waals surface area contributed by atoms with Crippen LogP contribution in [0.25, 0.3) is 10.8 Å². The van der Waals surface area contributed by atoms with Gasteiger partial charge in [-0.05, 0) is 41.5 Å². The van der Waals surface area contributed by atoms with Crippen LogP contribution in [-0.2, 0) is 0 Å².